The molecule has 0 aliphatic rings. The molecule has 0 saturated carbocycles. The van der Waals surface area contributed by atoms with Gasteiger partial charge in [-0.3, -0.25) is 0 Å². The Morgan fingerprint density at radius 3 is 2.40 bits per heavy atom. The predicted octanol–water partition coefficient (Wildman–Crippen LogP) is 3.22. The van der Waals surface area contributed by atoms with Gasteiger partial charge in [0, 0.05) is 19.4 Å². The molecule has 0 saturated heterocycles. The number of benzene rings is 1. The molecular formula is C16H20F3N3O2S. The molecule has 0 unspecified atom stereocenters. The van der Waals surface area contributed by atoms with E-state index in [9.17, 15) is 21.6 Å². The Morgan fingerprint density at radius 2 is 1.84 bits per heavy atom. The summed E-state index contributed by atoms with van der Waals surface area (Å²) in [5.74, 6) is 0.0333. The molecule has 1 aromatic heterocycles. The first-order valence-electron chi connectivity index (χ1n) is 7.75. The second-order valence-electron chi connectivity index (χ2n) is 5.74. The van der Waals surface area contributed by atoms with Gasteiger partial charge in [0.15, 0.2) is 0 Å². The monoisotopic (exact) mass is 375 g/mol. The van der Waals surface area contributed by atoms with Crippen molar-refractivity contribution in [2.24, 2.45) is 0 Å². The molecule has 0 atom stereocenters. The number of hydrogen-bond acceptors (Lipinski definition) is 3. The van der Waals surface area contributed by atoms with Gasteiger partial charge in [0.1, 0.15) is 12.4 Å². The lowest BCUT2D eigenvalue weighted by Gasteiger charge is -2.18. The van der Waals surface area contributed by atoms with Crippen LogP contribution in [0.2, 0.25) is 0 Å². The lowest BCUT2D eigenvalue weighted by molar-refractivity contribution is -0.141. The molecule has 0 N–H and O–H groups in total. The van der Waals surface area contributed by atoms with Crippen molar-refractivity contribution in [1.29, 1.82) is 0 Å². The SMILES string of the molecule is CCCc1ccc(S(=O)(=O)N(C)Cc2nccn2CC(F)(F)F)cc1. The summed E-state index contributed by atoms with van der Waals surface area (Å²) in [6.07, 6.45) is -0.190. The zero-order valence-corrected chi connectivity index (χ0v) is 14.8. The minimum absolute atomic E-state index is 0.0333. The van der Waals surface area contributed by atoms with Gasteiger partial charge < -0.3 is 4.57 Å². The summed E-state index contributed by atoms with van der Waals surface area (Å²) in [5.41, 5.74) is 1.03. The fourth-order valence-electron chi connectivity index (χ4n) is 2.41. The lowest BCUT2D eigenvalue weighted by atomic mass is 10.1. The first-order valence-corrected chi connectivity index (χ1v) is 9.19. The van der Waals surface area contributed by atoms with Gasteiger partial charge in [-0.15, -0.1) is 0 Å². The average molecular weight is 375 g/mol. The number of alkyl halides is 3. The molecule has 0 aliphatic carbocycles. The largest absolute Gasteiger partial charge is 0.406 e. The fourth-order valence-corrected chi connectivity index (χ4v) is 3.53. The molecule has 9 heteroatoms. The Hall–Kier alpha value is -1.87. The van der Waals surface area contributed by atoms with Crippen LogP contribution in [-0.2, 0) is 29.5 Å². The van der Waals surface area contributed by atoms with Crippen LogP contribution >= 0.6 is 0 Å². The van der Waals surface area contributed by atoms with E-state index in [1.54, 1.807) is 12.1 Å². The van der Waals surface area contributed by atoms with Crippen molar-refractivity contribution in [3.05, 3.63) is 48.0 Å². The van der Waals surface area contributed by atoms with E-state index in [1.165, 1.54) is 31.6 Å². The molecule has 1 aromatic carbocycles. The van der Waals surface area contributed by atoms with Gasteiger partial charge in [-0.2, -0.15) is 17.5 Å². The van der Waals surface area contributed by atoms with Gasteiger partial charge in [0.05, 0.1) is 11.4 Å². The molecule has 0 bridgehead atoms. The second-order valence-corrected chi connectivity index (χ2v) is 7.79. The second kappa shape index (κ2) is 7.57. The number of aromatic nitrogens is 2. The van der Waals surface area contributed by atoms with Crippen LogP contribution in [0.25, 0.3) is 0 Å². The number of imidazole rings is 1. The molecule has 0 aliphatic heterocycles. The summed E-state index contributed by atoms with van der Waals surface area (Å²) < 4.78 is 64.7. The van der Waals surface area contributed by atoms with E-state index < -0.39 is 22.7 Å². The highest BCUT2D eigenvalue weighted by atomic mass is 32.2. The number of aryl methyl sites for hydroxylation is 1. The van der Waals surface area contributed by atoms with E-state index in [-0.39, 0.29) is 17.3 Å². The molecule has 0 fully saturated rings. The summed E-state index contributed by atoms with van der Waals surface area (Å²) in [6.45, 7) is 0.575. The minimum atomic E-state index is -4.40. The van der Waals surface area contributed by atoms with Gasteiger partial charge in [-0.1, -0.05) is 25.5 Å². The molecule has 1 heterocycles. The molecular weight excluding hydrogens is 355 g/mol. The van der Waals surface area contributed by atoms with E-state index in [2.05, 4.69) is 4.98 Å². The molecule has 0 amide bonds. The zero-order valence-electron chi connectivity index (χ0n) is 14.0. The molecule has 0 spiro atoms. The number of halogens is 3. The summed E-state index contributed by atoms with van der Waals surface area (Å²) in [4.78, 5) is 3.94. The van der Waals surface area contributed by atoms with Crippen molar-refractivity contribution < 1.29 is 21.6 Å². The van der Waals surface area contributed by atoms with Crippen LogP contribution in [0.15, 0.2) is 41.6 Å². The van der Waals surface area contributed by atoms with E-state index in [0.717, 1.165) is 27.3 Å². The highest BCUT2D eigenvalue weighted by Crippen LogP contribution is 2.21. The quantitative estimate of drug-likeness (QED) is 0.747. The van der Waals surface area contributed by atoms with Crippen LogP contribution in [0, 0.1) is 0 Å². The van der Waals surface area contributed by atoms with E-state index in [4.69, 9.17) is 0 Å². The number of hydrogen-bond donors (Lipinski definition) is 0. The normalized spacial score (nSPS) is 12.7. The predicted molar refractivity (Wildman–Crippen MR) is 87.4 cm³/mol. The first kappa shape index (κ1) is 19.5. The van der Waals surface area contributed by atoms with E-state index >= 15 is 0 Å². The maximum Gasteiger partial charge on any atom is 0.406 e. The van der Waals surface area contributed by atoms with Crippen molar-refractivity contribution in [3.8, 4) is 0 Å². The number of nitrogens with zero attached hydrogens (tertiary/aromatic N) is 3. The number of rotatable bonds is 7. The van der Waals surface area contributed by atoms with Gasteiger partial charge in [-0.05, 0) is 24.1 Å². The molecule has 138 valence electrons. The average Bonchev–Trinajstić information content (AvgIpc) is 2.93. The van der Waals surface area contributed by atoms with E-state index in [1.807, 2.05) is 6.92 Å². The molecule has 2 rings (SSSR count). The summed E-state index contributed by atoms with van der Waals surface area (Å²) >= 11 is 0. The third-order valence-electron chi connectivity index (χ3n) is 3.69. The maximum absolute atomic E-state index is 12.6. The smallest absolute Gasteiger partial charge is 0.325 e. The Morgan fingerprint density at radius 1 is 1.20 bits per heavy atom. The van der Waals surface area contributed by atoms with Crippen LogP contribution in [0.5, 0.6) is 0 Å². The van der Waals surface area contributed by atoms with Crippen molar-refractivity contribution in [2.45, 2.75) is 43.9 Å². The molecule has 2 aromatic rings. The van der Waals surface area contributed by atoms with Gasteiger partial charge in [-0.25, -0.2) is 13.4 Å². The highest BCUT2D eigenvalue weighted by molar-refractivity contribution is 7.89. The fraction of sp³-hybridized carbons (Fsp3) is 0.438. The van der Waals surface area contributed by atoms with Crippen molar-refractivity contribution in [2.75, 3.05) is 7.05 Å². The molecule has 0 radical (unpaired) electrons. The summed E-state index contributed by atoms with van der Waals surface area (Å²) in [5, 5.41) is 0. The Balaban J connectivity index is 2.17. The standard InChI is InChI=1S/C16H20F3N3O2S/c1-3-4-13-5-7-14(8-6-13)25(23,24)21(2)11-15-20-9-10-22(15)12-16(17,18)19/h5-10H,3-4,11-12H2,1-2H3. The number of sulfonamides is 1. The summed E-state index contributed by atoms with van der Waals surface area (Å²) in [7, 11) is -2.49. The Bertz CT molecular complexity index is 799. The Labute approximate surface area is 145 Å². The van der Waals surface area contributed by atoms with Crippen LogP contribution in [0.4, 0.5) is 13.2 Å². The first-order chi connectivity index (χ1) is 11.6. The molecule has 25 heavy (non-hydrogen) atoms. The zero-order chi connectivity index (χ0) is 18.7. The maximum atomic E-state index is 12.6. The third-order valence-corrected chi connectivity index (χ3v) is 5.50. The van der Waals surface area contributed by atoms with Crippen LogP contribution < -0.4 is 0 Å². The van der Waals surface area contributed by atoms with Gasteiger partial charge >= 0.3 is 6.18 Å². The topological polar surface area (TPSA) is 55.2 Å². The van der Waals surface area contributed by atoms with Crippen molar-refractivity contribution >= 4 is 10.0 Å². The lowest BCUT2D eigenvalue weighted by Crippen LogP contribution is -2.29. The summed E-state index contributed by atoms with van der Waals surface area (Å²) in [6, 6.07) is 6.52. The van der Waals surface area contributed by atoms with Crippen molar-refractivity contribution in [3.63, 3.8) is 0 Å². The van der Waals surface area contributed by atoms with Crippen LogP contribution in [-0.4, -0.2) is 35.5 Å². The van der Waals surface area contributed by atoms with E-state index in [0.29, 0.717) is 0 Å². The van der Waals surface area contributed by atoms with Crippen molar-refractivity contribution in [1.82, 2.24) is 13.9 Å². The minimum Gasteiger partial charge on any atom is -0.325 e. The van der Waals surface area contributed by atoms with Crippen LogP contribution in [0.1, 0.15) is 24.7 Å². The van der Waals surface area contributed by atoms with Gasteiger partial charge in [0.25, 0.3) is 0 Å². The highest BCUT2D eigenvalue weighted by Gasteiger charge is 2.30. The Kier molecular flexibility index (Phi) is 5.89. The molecule has 5 nitrogen and oxygen atoms in total. The van der Waals surface area contributed by atoms with Crippen LogP contribution in [0.3, 0.4) is 0 Å². The van der Waals surface area contributed by atoms with Gasteiger partial charge in [0.2, 0.25) is 10.0 Å². The third kappa shape index (κ3) is 5.05.